The number of hydrogen-bond donors (Lipinski definition) is 2. The number of piperazine rings is 1. The molecule has 1 aromatic carbocycles. The van der Waals surface area contributed by atoms with E-state index in [4.69, 9.17) is 0 Å². The van der Waals surface area contributed by atoms with Crippen LogP contribution in [-0.2, 0) is 0 Å². The number of unbranched alkanes of at least 4 members (excludes halogenated alkanes) is 1. The maximum Gasteiger partial charge on any atom is 0.123 e. The normalized spacial score (nSPS) is 16.7. The molecule has 1 saturated heterocycles. The average Bonchev–Trinajstić information content (AvgIpc) is 2.44. The zero-order valence-corrected chi connectivity index (χ0v) is 14.0. The maximum atomic E-state index is 13.5. The van der Waals surface area contributed by atoms with Gasteiger partial charge in [-0.3, -0.25) is 4.90 Å². The van der Waals surface area contributed by atoms with Crippen LogP contribution in [0.4, 0.5) is 4.39 Å². The van der Waals surface area contributed by atoms with Gasteiger partial charge in [0.1, 0.15) is 11.6 Å². The molecule has 2 N–H and O–H groups in total. The van der Waals surface area contributed by atoms with Gasteiger partial charge in [-0.15, -0.1) is 24.8 Å². The van der Waals surface area contributed by atoms with Crippen LogP contribution in [0.5, 0.6) is 5.75 Å². The van der Waals surface area contributed by atoms with E-state index in [1.54, 1.807) is 0 Å². The van der Waals surface area contributed by atoms with E-state index in [1.807, 2.05) is 0 Å². The maximum absolute atomic E-state index is 13.5. The molecular weight excluding hydrogens is 314 g/mol. The predicted molar refractivity (Wildman–Crippen MR) is 89.3 cm³/mol. The highest BCUT2D eigenvalue weighted by atomic mass is 35.5. The fourth-order valence-corrected chi connectivity index (χ4v) is 2.72. The van der Waals surface area contributed by atoms with Crippen molar-refractivity contribution in [3.05, 3.63) is 29.6 Å². The van der Waals surface area contributed by atoms with E-state index in [0.717, 1.165) is 51.0 Å². The fourth-order valence-electron chi connectivity index (χ4n) is 2.72. The number of phenols is 1. The molecule has 0 radical (unpaired) electrons. The molecule has 0 bridgehead atoms. The number of nitrogens with zero attached hydrogens (tertiary/aromatic N) is 1. The molecule has 2 rings (SSSR count). The number of rotatable bonds is 5. The van der Waals surface area contributed by atoms with E-state index in [0.29, 0.717) is 0 Å². The molecule has 1 atom stereocenters. The van der Waals surface area contributed by atoms with Crippen LogP contribution in [0, 0.1) is 5.82 Å². The van der Waals surface area contributed by atoms with Gasteiger partial charge in [0.15, 0.2) is 0 Å². The van der Waals surface area contributed by atoms with Crippen LogP contribution in [0.3, 0.4) is 0 Å². The van der Waals surface area contributed by atoms with Gasteiger partial charge >= 0.3 is 0 Å². The number of nitrogens with one attached hydrogen (secondary N) is 1. The Kier molecular flexibility index (Phi) is 9.95. The zero-order valence-electron chi connectivity index (χ0n) is 12.3. The summed E-state index contributed by atoms with van der Waals surface area (Å²) < 4.78 is 13.5. The van der Waals surface area contributed by atoms with Gasteiger partial charge in [-0.25, -0.2) is 4.39 Å². The van der Waals surface area contributed by atoms with Gasteiger partial charge in [0.25, 0.3) is 0 Å². The third kappa shape index (κ3) is 5.62. The van der Waals surface area contributed by atoms with Gasteiger partial charge in [0, 0.05) is 37.8 Å². The lowest BCUT2D eigenvalue weighted by Gasteiger charge is -2.35. The largest absolute Gasteiger partial charge is 0.508 e. The second-order valence-corrected chi connectivity index (χ2v) is 5.15. The molecule has 1 fully saturated rings. The molecule has 21 heavy (non-hydrogen) atoms. The van der Waals surface area contributed by atoms with Crippen molar-refractivity contribution >= 4 is 24.8 Å². The Morgan fingerprint density at radius 1 is 1.29 bits per heavy atom. The lowest BCUT2D eigenvalue weighted by atomic mass is 9.97. The Labute approximate surface area is 138 Å². The van der Waals surface area contributed by atoms with E-state index < -0.39 is 0 Å². The second kappa shape index (κ2) is 10.2. The second-order valence-electron chi connectivity index (χ2n) is 5.15. The zero-order chi connectivity index (χ0) is 13.7. The van der Waals surface area contributed by atoms with Crippen molar-refractivity contribution < 1.29 is 9.50 Å². The summed E-state index contributed by atoms with van der Waals surface area (Å²) in [6, 6.07) is 4.38. The van der Waals surface area contributed by atoms with Gasteiger partial charge in [-0.2, -0.15) is 0 Å². The van der Waals surface area contributed by atoms with Gasteiger partial charge < -0.3 is 10.4 Å². The van der Waals surface area contributed by atoms with Crippen molar-refractivity contribution in [2.45, 2.75) is 32.2 Å². The average molecular weight is 339 g/mol. The van der Waals surface area contributed by atoms with Crippen molar-refractivity contribution in [3.63, 3.8) is 0 Å². The standard InChI is InChI=1S/C15H23FN2O.2ClH/c1-2-3-4-14(18-9-7-17-8-10-18)13-11-12(16)5-6-15(13)19;;/h5-6,11,14,17,19H,2-4,7-10H2,1H3;2*1H/t14-;;/m1../s1. The minimum atomic E-state index is -0.274. The van der Waals surface area contributed by atoms with E-state index in [1.165, 1.54) is 18.2 Å². The summed E-state index contributed by atoms with van der Waals surface area (Å²) >= 11 is 0. The minimum Gasteiger partial charge on any atom is -0.508 e. The lowest BCUT2D eigenvalue weighted by molar-refractivity contribution is 0.160. The number of phenolic OH excluding ortho intramolecular Hbond substituents is 1. The summed E-state index contributed by atoms with van der Waals surface area (Å²) in [6.45, 7) is 5.96. The SMILES string of the molecule is CCCC[C@H](c1cc(F)ccc1O)N1CCNCC1.Cl.Cl. The summed E-state index contributed by atoms with van der Waals surface area (Å²) in [5, 5.41) is 13.4. The lowest BCUT2D eigenvalue weighted by Crippen LogP contribution is -2.45. The first kappa shape index (κ1) is 20.5. The van der Waals surface area contributed by atoms with Crippen LogP contribution in [-0.4, -0.2) is 36.2 Å². The third-order valence-electron chi connectivity index (χ3n) is 3.77. The fraction of sp³-hybridized carbons (Fsp3) is 0.600. The molecule has 0 amide bonds. The highest BCUT2D eigenvalue weighted by molar-refractivity contribution is 5.85. The smallest absolute Gasteiger partial charge is 0.123 e. The van der Waals surface area contributed by atoms with Crippen LogP contribution in [0.15, 0.2) is 18.2 Å². The molecule has 122 valence electrons. The molecule has 0 spiro atoms. The molecule has 0 unspecified atom stereocenters. The van der Waals surface area contributed by atoms with Gasteiger partial charge in [0.05, 0.1) is 0 Å². The molecule has 0 aliphatic carbocycles. The van der Waals surface area contributed by atoms with Crippen LogP contribution < -0.4 is 5.32 Å². The Morgan fingerprint density at radius 3 is 2.57 bits per heavy atom. The number of aromatic hydroxyl groups is 1. The highest BCUT2D eigenvalue weighted by Gasteiger charge is 2.24. The molecule has 1 aliphatic rings. The van der Waals surface area contributed by atoms with Crippen LogP contribution in [0.25, 0.3) is 0 Å². The van der Waals surface area contributed by atoms with E-state index >= 15 is 0 Å². The molecule has 0 saturated carbocycles. The summed E-state index contributed by atoms with van der Waals surface area (Å²) in [7, 11) is 0. The van der Waals surface area contributed by atoms with Gasteiger partial charge in [-0.1, -0.05) is 19.8 Å². The molecule has 6 heteroatoms. The molecule has 3 nitrogen and oxygen atoms in total. The quantitative estimate of drug-likeness (QED) is 0.862. The summed E-state index contributed by atoms with van der Waals surface area (Å²) in [5.41, 5.74) is 0.732. The molecule has 1 aliphatic heterocycles. The van der Waals surface area contributed by atoms with Crippen LogP contribution in [0.2, 0.25) is 0 Å². The summed E-state index contributed by atoms with van der Waals surface area (Å²) in [4.78, 5) is 2.35. The van der Waals surface area contributed by atoms with Crippen molar-refractivity contribution in [3.8, 4) is 5.75 Å². The van der Waals surface area contributed by atoms with Crippen molar-refractivity contribution in [2.24, 2.45) is 0 Å². The first-order chi connectivity index (χ1) is 9.22. The van der Waals surface area contributed by atoms with E-state index in [-0.39, 0.29) is 42.4 Å². The minimum absolute atomic E-state index is 0. The summed E-state index contributed by atoms with van der Waals surface area (Å²) in [6.07, 6.45) is 3.16. The monoisotopic (exact) mass is 338 g/mol. The van der Waals surface area contributed by atoms with E-state index in [9.17, 15) is 9.50 Å². The Morgan fingerprint density at radius 2 is 1.95 bits per heavy atom. The van der Waals surface area contributed by atoms with Crippen LogP contribution in [0.1, 0.15) is 37.8 Å². The highest BCUT2D eigenvalue weighted by Crippen LogP contribution is 2.33. The van der Waals surface area contributed by atoms with Crippen LogP contribution >= 0.6 is 24.8 Å². The third-order valence-corrected chi connectivity index (χ3v) is 3.77. The molecule has 1 aromatic rings. The molecule has 1 heterocycles. The van der Waals surface area contributed by atoms with E-state index in [2.05, 4.69) is 17.1 Å². The number of benzene rings is 1. The predicted octanol–water partition coefficient (Wildman–Crippen LogP) is 3.51. The number of hydrogen-bond acceptors (Lipinski definition) is 3. The Hall–Kier alpha value is -0.550. The Balaban J connectivity index is 0.00000200. The van der Waals surface area contributed by atoms with Gasteiger partial charge in [0.2, 0.25) is 0 Å². The van der Waals surface area contributed by atoms with Crippen molar-refractivity contribution in [1.29, 1.82) is 0 Å². The molecule has 0 aromatic heterocycles. The van der Waals surface area contributed by atoms with Gasteiger partial charge in [-0.05, 0) is 24.6 Å². The topological polar surface area (TPSA) is 35.5 Å². The summed E-state index contributed by atoms with van der Waals surface area (Å²) in [5.74, 6) is -0.0644. The first-order valence-corrected chi connectivity index (χ1v) is 7.15. The first-order valence-electron chi connectivity index (χ1n) is 7.15. The molecular formula is C15H25Cl2FN2O. The van der Waals surface area contributed by atoms with Crippen molar-refractivity contribution in [1.82, 2.24) is 10.2 Å². The Bertz CT molecular complexity index is 415. The number of halogens is 3. The van der Waals surface area contributed by atoms with Crippen molar-refractivity contribution in [2.75, 3.05) is 26.2 Å².